The van der Waals surface area contributed by atoms with E-state index in [0.29, 0.717) is 16.7 Å². The molecule has 1 rings (SSSR count). The minimum Gasteiger partial charge on any atom is -0.250 e. The van der Waals surface area contributed by atoms with Crippen molar-refractivity contribution in [3.8, 4) is 0 Å². The maximum Gasteiger partial charge on any atom is 0.138 e. The van der Waals surface area contributed by atoms with E-state index in [2.05, 4.69) is 53.7 Å². The Morgan fingerprint density at radius 2 is 2.00 bits per heavy atom. The van der Waals surface area contributed by atoms with Gasteiger partial charge in [0, 0.05) is 17.8 Å². The zero-order valence-corrected chi connectivity index (χ0v) is 12.2. The number of aromatic nitrogens is 3. The van der Waals surface area contributed by atoms with Crippen LogP contribution in [0, 0.1) is 11.8 Å². The van der Waals surface area contributed by atoms with Crippen molar-refractivity contribution in [2.24, 2.45) is 11.8 Å². The molecular weight excluding hydrogens is 266 g/mol. The second kappa shape index (κ2) is 6.38. The molecule has 1 aromatic heterocycles. The first-order valence-electron chi connectivity index (χ1n) is 5.99. The Morgan fingerprint density at radius 3 is 2.56 bits per heavy atom. The lowest BCUT2D eigenvalue weighted by Crippen LogP contribution is -2.14. The van der Waals surface area contributed by atoms with Gasteiger partial charge in [-0.25, -0.2) is 9.67 Å². The number of halogens is 1. The summed E-state index contributed by atoms with van der Waals surface area (Å²) in [6, 6.07) is 0. The molecule has 0 aliphatic heterocycles. The fourth-order valence-electron chi connectivity index (χ4n) is 1.89. The second-order valence-electron chi connectivity index (χ2n) is 5.08. The Labute approximate surface area is 107 Å². The summed E-state index contributed by atoms with van der Waals surface area (Å²) in [7, 11) is 0. The van der Waals surface area contributed by atoms with E-state index in [9.17, 15) is 0 Å². The van der Waals surface area contributed by atoms with Crippen LogP contribution in [0.25, 0.3) is 0 Å². The lowest BCUT2D eigenvalue weighted by molar-refractivity contribution is 0.439. The first kappa shape index (κ1) is 13.7. The summed E-state index contributed by atoms with van der Waals surface area (Å²) in [5.41, 5.74) is 0. The summed E-state index contributed by atoms with van der Waals surface area (Å²) in [4.78, 5) is 4.93. The van der Waals surface area contributed by atoms with Crippen molar-refractivity contribution in [1.29, 1.82) is 0 Å². The average molecular weight is 288 g/mol. The van der Waals surface area contributed by atoms with E-state index in [1.807, 2.05) is 4.68 Å². The fraction of sp³-hybridized carbons (Fsp3) is 0.833. The smallest absolute Gasteiger partial charge is 0.138 e. The first-order chi connectivity index (χ1) is 7.49. The van der Waals surface area contributed by atoms with Gasteiger partial charge < -0.3 is 0 Å². The maximum atomic E-state index is 4.35. The third kappa shape index (κ3) is 4.64. The van der Waals surface area contributed by atoms with Crippen LogP contribution in [0.2, 0.25) is 0 Å². The number of rotatable bonds is 6. The van der Waals surface area contributed by atoms with Crippen molar-refractivity contribution < 1.29 is 0 Å². The predicted molar refractivity (Wildman–Crippen MR) is 70.7 cm³/mol. The predicted octanol–water partition coefficient (Wildman–Crippen LogP) is 3.29. The van der Waals surface area contributed by atoms with Crippen molar-refractivity contribution in [3.05, 3.63) is 12.2 Å². The Kier molecular flexibility index (Phi) is 5.46. The van der Waals surface area contributed by atoms with Gasteiger partial charge in [0.1, 0.15) is 12.2 Å². The zero-order chi connectivity index (χ0) is 12.1. The fourth-order valence-corrected chi connectivity index (χ4v) is 2.53. The van der Waals surface area contributed by atoms with Crippen LogP contribution in [0.1, 0.15) is 39.9 Å². The molecule has 1 heterocycles. The molecule has 4 heteroatoms. The maximum absolute atomic E-state index is 4.35. The zero-order valence-electron chi connectivity index (χ0n) is 10.7. The largest absolute Gasteiger partial charge is 0.250 e. The molecule has 2 atom stereocenters. The van der Waals surface area contributed by atoms with E-state index in [1.165, 1.54) is 6.42 Å². The van der Waals surface area contributed by atoms with Crippen molar-refractivity contribution in [2.45, 2.75) is 51.9 Å². The number of hydrogen-bond acceptors (Lipinski definition) is 2. The molecule has 0 N–H and O–H groups in total. The molecule has 0 fully saturated rings. The molecule has 16 heavy (non-hydrogen) atoms. The molecule has 0 aromatic carbocycles. The Bertz CT molecular complexity index is 307. The van der Waals surface area contributed by atoms with Gasteiger partial charge in [-0.1, -0.05) is 43.6 Å². The molecule has 92 valence electrons. The summed E-state index contributed by atoms with van der Waals surface area (Å²) in [6.45, 7) is 9.83. The van der Waals surface area contributed by atoms with Crippen LogP contribution < -0.4 is 0 Å². The standard InChI is InChI=1S/C12H22BrN3/c1-9(2)7-16-12(14-8-15-16)6-10(3)5-11(4)13/h8-11H,5-7H2,1-4H3. The molecule has 0 saturated carbocycles. The van der Waals surface area contributed by atoms with Crippen molar-refractivity contribution in [2.75, 3.05) is 0 Å². The molecule has 1 aromatic rings. The van der Waals surface area contributed by atoms with Gasteiger partial charge in [0.15, 0.2) is 0 Å². The number of alkyl halides is 1. The highest BCUT2D eigenvalue weighted by Gasteiger charge is 2.12. The summed E-state index contributed by atoms with van der Waals surface area (Å²) >= 11 is 3.60. The molecule has 0 aliphatic rings. The van der Waals surface area contributed by atoms with Gasteiger partial charge >= 0.3 is 0 Å². The normalized spacial score (nSPS) is 15.4. The van der Waals surface area contributed by atoms with E-state index in [1.54, 1.807) is 6.33 Å². The topological polar surface area (TPSA) is 30.7 Å². The molecule has 0 spiro atoms. The SMILES string of the molecule is CC(C)Cn1ncnc1CC(C)CC(C)Br. The summed E-state index contributed by atoms with van der Waals surface area (Å²) in [5, 5.41) is 4.28. The summed E-state index contributed by atoms with van der Waals surface area (Å²) in [6.07, 6.45) is 3.86. The highest BCUT2D eigenvalue weighted by Crippen LogP contribution is 2.16. The van der Waals surface area contributed by atoms with Crippen LogP contribution >= 0.6 is 15.9 Å². The Hall–Kier alpha value is -0.380. The number of hydrogen-bond donors (Lipinski definition) is 0. The van der Waals surface area contributed by atoms with Gasteiger partial charge in [0.2, 0.25) is 0 Å². The second-order valence-corrected chi connectivity index (χ2v) is 6.64. The van der Waals surface area contributed by atoms with Gasteiger partial charge in [-0.05, 0) is 18.3 Å². The monoisotopic (exact) mass is 287 g/mol. The first-order valence-corrected chi connectivity index (χ1v) is 6.91. The summed E-state index contributed by atoms with van der Waals surface area (Å²) in [5.74, 6) is 2.38. The molecule has 3 nitrogen and oxygen atoms in total. The van der Waals surface area contributed by atoms with Crippen LogP contribution in [-0.2, 0) is 13.0 Å². The lowest BCUT2D eigenvalue weighted by atomic mass is 10.0. The molecule has 0 bridgehead atoms. The highest BCUT2D eigenvalue weighted by molar-refractivity contribution is 9.09. The minimum atomic E-state index is 0.573. The average Bonchev–Trinajstić information content (AvgIpc) is 2.50. The lowest BCUT2D eigenvalue weighted by Gasteiger charge is -2.14. The van der Waals surface area contributed by atoms with Crippen LogP contribution in [0.3, 0.4) is 0 Å². The van der Waals surface area contributed by atoms with Crippen molar-refractivity contribution in [1.82, 2.24) is 14.8 Å². The summed E-state index contributed by atoms with van der Waals surface area (Å²) < 4.78 is 2.04. The third-order valence-corrected chi connectivity index (χ3v) is 2.87. The van der Waals surface area contributed by atoms with Crippen LogP contribution in [0.5, 0.6) is 0 Å². The molecule has 0 amide bonds. The minimum absolute atomic E-state index is 0.573. The van der Waals surface area contributed by atoms with Crippen molar-refractivity contribution in [3.63, 3.8) is 0 Å². The number of nitrogens with zero attached hydrogens (tertiary/aromatic N) is 3. The molecule has 2 unspecified atom stereocenters. The highest BCUT2D eigenvalue weighted by atomic mass is 79.9. The van der Waals surface area contributed by atoms with Crippen LogP contribution in [0.15, 0.2) is 6.33 Å². The van der Waals surface area contributed by atoms with Crippen LogP contribution in [-0.4, -0.2) is 19.6 Å². The molecular formula is C12H22BrN3. The molecule has 0 aliphatic carbocycles. The van der Waals surface area contributed by atoms with E-state index in [-0.39, 0.29) is 0 Å². The van der Waals surface area contributed by atoms with E-state index >= 15 is 0 Å². The van der Waals surface area contributed by atoms with E-state index < -0.39 is 0 Å². The Balaban J connectivity index is 2.56. The Morgan fingerprint density at radius 1 is 1.31 bits per heavy atom. The third-order valence-electron chi connectivity index (χ3n) is 2.49. The van der Waals surface area contributed by atoms with Gasteiger partial charge in [-0.3, -0.25) is 0 Å². The van der Waals surface area contributed by atoms with Gasteiger partial charge in [-0.15, -0.1) is 0 Å². The quantitative estimate of drug-likeness (QED) is 0.752. The van der Waals surface area contributed by atoms with Crippen LogP contribution in [0.4, 0.5) is 0 Å². The molecule has 0 saturated heterocycles. The van der Waals surface area contributed by atoms with Gasteiger partial charge in [0.05, 0.1) is 0 Å². The van der Waals surface area contributed by atoms with E-state index in [4.69, 9.17) is 0 Å². The van der Waals surface area contributed by atoms with Crippen molar-refractivity contribution >= 4 is 15.9 Å². The molecule has 0 radical (unpaired) electrons. The van der Waals surface area contributed by atoms with Gasteiger partial charge in [-0.2, -0.15) is 5.10 Å². The van der Waals surface area contributed by atoms with E-state index in [0.717, 1.165) is 18.8 Å². The van der Waals surface area contributed by atoms with Gasteiger partial charge in [0.25, 0.3) is 0 Å².